The van der Waals surface area contributed by atoms with Crippen molar-refractivity contribution in [1.29, 1.82) is 0 Å². The fraction of sp³-hybridized carbons (Fsp3) is 0.280. The molecule has 4 nitrogen and oxygen atoms in total. The van der Waals surface area contributed by atoms with E-state index in [1.807, 2.05) is 49.4 Å². The van der Waals surface area contributed by atoms with Crippen molar-refractivity contribution in [3.8, 4) is 0 Å². The van der Waals surface area contributed by atoms with Crippen molar-refractivity contribution in [3.63, 3.8) is 0 Å². The predicted octanol–water partition coefficient (Wildman–Crippen LogP) is 4.24. The van der Waals surface area contributed by atoms with Crippen molar-refractivity contribution in [1.82, 2.24) is 10.2 Å². The molecular formula is C25H28N2O2. The van der Waals surface area contributed by atoms with Crippen molar-refractivity contribution >= 4 is 22.6 Å². The Labute approximate surface area is 172 Å². The van der Waals surface area contributed by atoms with E-state index in [9.17, 15) is 9.59 Å². The molecule has 2 amide bonds. The molecule has 0 heterocycles. The number of hydrogen-bond donors (Lipinski definition) is 1. The molecule has 4 heteroatoms. The summed E-state index contributed by atoms with van der Waals surface area (Å²) in [6.07, 6.45) is 1.01. The van der Waals surface area contributed by atoms with Crippen molar-refractivity contribution < 1.29 is 9.59 Å². The Morgan fingerprint density at radius 1 is 0.966 bits per heavy atom. The summed E-state index contributed by atoms with van der Waals surface area (Å²) < 4.78 is 0. The van der Waals surface area contributed by atoms with Gasteiger partial charge in [0.2, 0.25) is 11.8 Å². The Kier molecular flexibility index (Phi) is 6.65. The highest BCUT2D eigenvalue weighted by atomic mass is 16.2. The average molecular weight is 389 g/mol. The number of carbonyl (C=O) groups is 2. The van der Waals surface area contributed by atoms with Crippen LogP contribution in [-0.2, 0) is 22.6 Å². The third-order valence-electron chi connectivity index (χ3n) is 5.38. The lowest BCUT2D eigenvalue weighted by molar-refractivity contribution is -0.140. The Bertz CT molecular complexity index is 990. The van der Waals surface area contributed by atoms with Crippen LogP contribution in [0.25, 0.3) is 10.8 Å². The van der Waals surface area contributed by atoms with Gasteiger partial charge in [-0.3, -0.25) is 9.59 Å². The minimum atomic E-state index is -0.527. The monoisotopic (exact) mass is 388 g/mol. The minimum absolute atomic E-state index is 0.0189. The van der Waals surface area contributed by atoms with E-state index in [-0.39, 0.29) is 11.8 Å². The van der Waals surface area contributed by atoms with Crippen LogP contribution in [0.4, 0.5) is 0 Å². The van der Waals surface area contributed by atoms with Crippen molar-refractivity contribution in [3.05, 3.63) is 83.4 Å². The molecule has 0 saturated carbocycles. The molecular weight excluding hydrogens is 360 g/mol. The molecule has 0 aromatic heterocycles. The van der Waals surface area contributed by atoms with E-state index in [4.69, 9.17) is 0 Å². The van der Waals surface area contributed by atoms with E-state index in [1.54, 1.807) is 18.9 Å². The van der Waals surface area contributed by atoms with Crippen LogP contribution >= 0.6 is 0 Å². The van der Waals surface area contributed by atoms with E-state index in [0.29, 0.717) is 19.4 Å². The van der Waals surface area contributed by atoms with E-state index in [0.717, 1.165) is 11.1 Å². The second-order valence-electron chi connectivity index (χ2n) is 7.44. The quantitative estimate of drug-likeness (QED) is 0.658. The predicted molar refractivity (Wildman–Crippen MR) is 118 cm³/mol. The summed E-state index contributed by atoms with van der Waals surface area (Å²) in [7, 11) is 1.60. The lowest BCUT2D eigenvalue weighted by Gasteiger charge is -2.28. The number of carbonyl (C=O) groups excluding carboxylic acids is 2. The van der Waals surface area contributed by atoms with E-state index < -0.39 is 6.04 Å². The molecule has 1 atom stereocenters. The van der Waals surface area contributed by atoms with Gasteiger partial charge >= 0.3 is 0 Å². The maximum atomic E-state index is 13.1. The SMILES string of the molecule is CNC(=O)C(C)N(Cc1ccc(C)cc1)C(=O)CCc1cccc2ccccc12. The molecule has 0 fully saturated rings. The number of nitrogens with one attached hydrogen (secondary N) is 1. The summed E-state index contributed by atoms with van der Waals surface area (Å²) in [6, 6.07) is 21.9. The van der Waals surface area contributed by atoms with Crippen LogP contribution in [0.5, 0.6) is 0 Å². The fourth-order valence-electron chi connectivity index (χ4n) is 3.58. The zero-order chi connectivity index (χ0) is 20.8. The average Bonchev–Trinajstić information content (AvgIpc) is 2.76. The first-order valence-electron chi connectivity index (χ1n) is 10.0. The molecule has 0 bridgehead atoms. The number of likely N-dealkylation sites (N-methyl/N-ethyl adjacent to an activating group) is 1. The van der Waals surface area contributed by atoms with Crippen molar-refractivity contribution in [2.24, 2.45) is 0 Å². The van der Waals surface area contributed by atoms with Gasteiger partial charge in [-0.05, 0) is 42.2 Å². The summed E-state index contributed by atoms with van der Waals surface area (Å²) in [6.45, 7) is 4.23. The molecule has 0 radical (unpaired) electrons. The van der Waals surface area contributed by atoms with Gasteiger partial charge in [0.25, 0.3) is 0 Å². The number of hydrogen-bond acceptors (Lipinski definition) is 2. The van der Waals surface area contributed by atoms with Crippen LogP contribution in [0, 0.1) is 6.92 Å². The minimum Gasteiger partial charge on any atom is -0.357 e. The van der Waals surface area contributed by atoms with Gasteiger partial charge in [-0.2, -0.15) is 0 Å². The second kappa shape index (κ2) is 9.37. The third kappa shape index (κ3) is 5.02. The zero-order valence-corrected chi connectivity index (χ0v) is 17.3. The number of benzene rings is 3. The molecule has 150 valence electrons. The van der Waals surface area contributed by atoms with E-state index >= 15 is 0 Å². The highest BCUT2D eigenvalue weighted by molar-refractivity contribution is 5.88. The van der Waals surface area contributed by atoms with Crippen molar-refractivity contribution in [2.45, 2.75) is 39.3 Å². The van der Waals surface area contributed by atoms with Crippen LogP contribution < -0.4 is 5.32 Å². The summed E-state index contributed by atoms with van der Waals surface area (Å²) in [5.74, 6) is -0.176. The molecule has 3 aromatic rings. The fourth-order valence-corrected chi connectivity index (χ4v) is 3.58. The summed E-state index contributed by atoms with van der Waals surface area (Å²) in [5, 5.41) is 5.01. The first-order chi connectivity index (χ1) is 14.0. The van der Waals surface area contributed by atoms with Crippen LogP contribution in [0.1, 0.15) is 30.0 Å². The first kappa shape index (κ1) is 20.6. The zero-order valence-electron chi connectivity index (χ0n) is 17.3. The Hall–Kier alpha value is -3.14. The van der Waals surface area contributed by atoms with Gasteiger partial charge in [0.05, 0.1) is 0 Å². The molecule has 0 aliphatic rings. The highest BCUT2D eigenvalue weighted by Gasteiger charge is 2.25. The summed E-state index contributed by atoms with van der Waals surface area (Å²) in [5.41, 5.74) is 3.34. The summed E-state index contributed by atoms with van der Waals surface area (Å²) >= 11 is 0. The largest absolute Gasteiger partial charge is 0.357 e. The lowest BCUT2D eigenvalue weighted by atomic mass is 10.0. The van der Waals surface area contributed by atoms with Gasteiger partial charge in [0, 0.05) is 20.0 Å². The van der Waals surface area contributed by atoms with Crippen LogP contribution in [0.3, 0.4) is 0 Å². The van der Waals surface area contributed by atoms with Gasteiger partial charge in [-0.1, -0.05) is 72.3 Å². The number of amides is 2. The Morgan fingerprint density at radius 2 is 1.66 bits per heavy atom. The third-order valence-corrected chi connectivity index (χ3v) is 5.38. The molecule has 29 heavy (non-hydrogen) atoms. The highest BCUT2D eigenvalue weighted by Crippen LogP contribution is 2.21. The molecule has 0 aliphatic heterocycles. The van der Waals surface area contributed by atoms with Crippen LogP contribution in [-0.4, -0.2) is 29.8 Å². The van der Waals surface area contributed by atoms with Crippen molar-refractivity contribution in [2.75, 3.05) is 7.05 Å². The van der Waals surface area contributed by atoms with E-state index in [2.05, 4.69) is 29.6 Å². The maximum Gasteiger partial charge on any atom is 0.242 e. The standard InChI is InChI=1S/C25H28N2O2/c1-18-11-13-20(14-12-18)17-27(19(2)25(29)26-3)24(28)16-15-22-9-6-8-21-7-4-5-10-23(21)22/h4-14,19H,15-17H2,1-3H3,(H,26,29). The van der Waals surface area contributed by atoms with Gasteiger partial charge in [0.15, 0.2) is 0 Å². The molecule has 0 spiro atoms. The summed E-state index contributed by atoms with van der Waals surface area (Å²) in [4.78, 5) is 27.1. The number of fused-ring (bicyclic) bond motifs is 1. The molecule has 0 aliphatic carbocycles. The molecule has 1 unspecified atom stereocenters. The number of aryl methyl sites for hydroxylation is 2. The molecule has 0 saturated heterocycles. The Balaban J connectivity index is 1.78. The number of rotatable bonds is 7. The van der Waals surface area contributed by atoms with E-state index in [1.165, 1.54) is 16.3 Å². The maximum absolute atomic E-state index is 13.1. The first-order valence-corrected chi connectivity index (χ1v) is 10.0. The normalized spacial score (nSPS) is 11.8. The van der Waals surface area contributed by atoms with Gasteiger partial charge in [-0.25, -0.2) is 0 Å². The second-order valence-corrected chi connectivity index (χ2v) is 7.44. The molecule has 3 aromatic carbocycles. The topological polar surface area (TPSA) is 49.4 Å². The smallest absolute Gasteiger partial charge is 0.242 e. The lowest BCUT2D eigenvalue weighted by Crippen LogP contribution is -2.46. The van der Waals surface area contributed by atoms with Gasteiger partial charge in [-0.15, -0.1) is 0 Å². The Morgan fingerprint density at radius 3 is 2.38 bits per heavy atom. The van der Waals surface area contributed by atoms with Crippen LogP contribution in [0.2, 0.25) is 0 Å². The van der Waals surface area contributed by atoms with Gasteiger partial charge < -0.3 is 10.2 Å². The van der Waals surface area contributed by atoms with Crippen LogP contribution in [0.15, 0.2) is 66.7 Å². The number of nitrogens with zero attached hydrogens (tertiary/aromatic N) is 1. The molecule has 3 rings (SSSR count). The molecule has 1 N–H and O–H groups in total. The van der Waals surface area contributed by atoms with Gasteiger partial charge in [0.1, 0.15) is 6.04 Å².